The maximum Gasteiger partial charge on any atom is 0.311 e. The number of esters is 1. The second-order valence-corrected chi connectivity index (χ2v) is 3.86. The summed E-state index contributed by atoms with van der Waals surface area (Å²) in [5.74, 6) is -0.0497. The lowest BCUT2D eigenvalue weighted by atomic mass is 10.3. The molecule has 1 N–H and O–H groups in total. The molecule has 0 radical (unpaired) electrons. The first kappa shape index (κ1) is 14.4. The van der Waals surface area contributed by atoms with Gasteiger partial charge in [0, 0.05) is 6.54 Å². The molecule has 0 aromatic rings. The summed E-state index contributed by atoms with van der Waals surface area (Å²) >= 11 is 0. The maximum atomic E-state index is 11.0. The minimum atomic E-state index is -0.0497. The van der Waals surface area contributed by atoms with Crippen LogP contribution < -0.4 is 5.32 Å². The van der Waals surface area contributed by atoms with Crippen LogP contribution in [-0.4, -0.2) is 57.3 Å². The Labute approximate surface area is 93.2 Å². The van der Waals surface area contributed by atoms with Crippen molar-refractivity contribution in [1.29, 1.82) is 0 Å². The lowest BCUT2D eigenvalue weighted by molar-refractivity contribution is -0.906. The van der Waals surface area contributed by atoms with Crippen molar-refractivity contribution in [3.63, 3.8) is 0 Å². The van der Waals surface area contributed by atoms with Gasteiger partial charge < -0.3 is 14.5 Å². The molecule has 1 unspecified atom stereocenters. The van der Waals surface area contributed by atoms with Crippen molar-refractivity contribution >= 4 is 5.97 Å². The van der Waals surface area contributed by atoms with E-state index in [0.717, 1.165) is 30.7 Å². The molecule has 0 aromatic carbocycles. The fourth-order valence-corrected chi connectivity index (χ4v) is 1.53. The summed E-state index contributed by atoms with van der Waals surface area (Å²) in [7, 11) is 4.13. The number of hydrogen-bond donors (Lipinski definition) is 1. The predicted molar refractivity (Wildman–Crippen MR) is 61.6 cm³/mol. The van der Waals surface area contributed by atoms with Gasteiger partial charge in [-0.25, -0.2) is 0 Å². The zero-order valence-electron chi connectivity index (χ0n) is 10.5. The third-order valence-electron chi connectivity index (χ3n) is 2.65. The third kappa shape index (κ3) is 5.74. The molecule has 4 nitrogen and oxygen atoms in total. The summed E-state index contributed by atoms with van der Waals surface area (Å²) in [6, 6.07) is 0. The molecule has 1 heterocycles. The van der Waals surface area contributed by atoms with Crippen molar-refractivity contribution in [2.75, 3.05) is 46.9 Å². The maximum absolute atomic E-state index is 11.0. The summed E-state index contributed by atoms with van der Waals surface area (Å²) in [5, 5.41) is 3.13. The number of rotatable bonds is 3. The van der Waals surface area contributed by atoms with Gasteiger partial charge in [0.25, 0.3) is 0 Å². The van der Waals surface area contributed by atoms with E-state index in [1.54, 1.807) is 0 Å². The number of nitrogens with one attached hydrogen (secondary N) is 1. The fraction of sp³-hybridized carbons (Fsp3) is 0.909. The van der Waals surface area contributed by atoms with Crippen molar-refractivity contribution in [2.24, 2.45) is 0 Å². The number of likely N-dealkylation sites (N-methyl/N-ethyl adjacent to an activating group) is 2. The molecular weight excluding hydrogens is 192 g/mol. The Morgan fingerprint density at radius 1 is 1.40 bits per heavy atom. The third-order valence-corrected chi connectivity index (χ3v) is 2.65. The van der Waals surface area contributed by atoms with Gasteiger partial charge in [-0.1, -0.05) is 13.8 Å². The zero-order valence-corrected chi connectivity index (χ0v) is 10.5. The first-order valence-electron chi connectivity index (χ1n) is 5.80. The molecule has 4 heteroatoms. The average Bonchev–Trinajstić information content (AvgIpc) is 2.42. The van der Waals surface area contributed by atoms with E-state index in [1.165, 1.54) is 0 Å². The molecular formula is C11H25N2O2+. The SMILES string of the molecule is CC.CNCC[N+]1(C)CCOC(=O)CC1. The zero-order chi connectivity index (χ0) is 11.7. The molecule has 1 aliphatic rings. The Balaban J connectivity index is 0.000000921. The summed E-state index contributed by atoms with van der Waals surface area (Å²) in [6.07, 6.45) is 0.556. The molecule has 15 heavy (non-hydrogen) atoms. The lowest BCUT2D eigenvalue weighted by Gasteiger charge is -2.32. The number of hydrogen-bond acceptors (Lipinski definition) is 3. The summed E-state index contributed by atoms with van der Waals surface area (Å²) in [4.78, 5) is 11.0. The van der Waals surface area contributed by atoms with Gasteiger partial charge in [-0.05, 0) is 7.05 Å². The van der Waals surface area contributed by atoms with E-state index >= 15 is 0 Å². The van der Waals surface area contributed by atoms with Crippen LogP contribution in [0, 0.1) is 0 Å². The number of quaternary nitrogens is 1. The van der Waals surface area contributed by atoms with Crippen molar-refractivity contribution < 1.29 is 14.0 Å². The number of ether oxygens (including phenoxy) is 1. The van der Waals surface area contributed by atoms with Crippen LogP contribution in [0.5, 0.6) is 0 Å². The van der Waals surface area contributed by atoms with Gasteiger partial charge in [0.2, 0.25) is 0 Å². The van der Waals surface area contributed by atoms with Gasteiger partial charge >= 0.3 is 5.97 Å². The van der Waals surface area contributed by atoms with Crippen LogP contribution in [0.1, 0.15) is 20.3 Å². The van der Waals surface area contributed by atoms with E-state index < -0.39 is 0 Å². The highest BCUT2D eigenvalue weighted by atomic mass is 16.5. The molecule has 1 aliphatic heterocycles. The van der Waals surface area contributed by atoms with Crippen LogP contribution in [-0.2, 0) is 9.53 Å². The van der Waals surface area contributed by atoms with E-state index in [0.29, 0.717) is 13.0 Å². The Hall–Kier alpha value is -0.610. The Bertz CT molecular complexity index is 185. The van der Waals surface area contributed by atoms with E-state index in [-0.39, 0.29) is 5.97 Å². The number of cyclic esters (lactones) is 1. The number of carbonyl (C=O) groups excluding carboxylic acids is 1. The highest BCUT2D eigenvalue weighted by Crippen LogP contribution is 2.08. The van der Waals surface area contributed by atoms with Gasteiger partial charge in [-0.2, -0.15) is 0 Å². The quantitative estimate of drug-likeness (QED) is 0.556. The van der Waals surface area contributed by atoms with Crippen LogP contribution in [0.15, 0.2) is 0 Å². The molecule has 0 bridgehead atoms. The normalized spacial score (nSPS) is 26.0. The minimum Gasteiger partial charge on any atom is -0.460 e. The van der Waals surface area contributed by atoms with Gasteiger partial charge in [-0.15, -0.1) is 0 Å². The Morgan fingerprint density at radius 3 is 2.67 bits per heavy atom. The number of nitrogens with zero attached hydrogens (tertiary/aromatic N) is 1. The summed E-state index contributed by atoms with van der Waals surface area (Å²) in [5.41, 5.74) is 0. The van der Waals surface area contributed by atoms with Gasteiger partial charge in [0.1, 0.15) is 13.2 Å². The Kier molecular flexibility index (Phi) is 7.34. The summed E-state index contributed by atoms with van der Waals surface area (Å²) < 4.78 is 5.94. The molecule has 0 aliphatic carbocycles. The van der Waals surface area contributed by atoms with Gasteiger partial charge in [-0.3, -0.25) is 4.79 Å². The minimum absolute atomic E-state index is 0.0497. The van der Waals surface area contributed by atoms with E-state index in [4.69, 9.17) is 4.74 Å². The highest BCUT2D eigenvalue weighted by molar-refractivity contribution is 5.69. The molecule has 0 amide bonds. The lowest BCUT2D eigenvalue weighted by Crippen LogP contribution is -2.49. The summed E-state index contributed by atoms with van der Waals surface area (Å²) in [6.45, 7) is 8.46. The Morgan fingerprint density at radius 2 is 2.07 bits per heavy atom. The first-order chi connectivity index (χ1) is 7.16. The molecule has 1 rings (SSSR count). The number of carbonyl (C=O) groups is 1. The van der Waals surface area contributed by atoms with Crippen molar-refractivity contribution in [2.45, 2.75) is 20.3 Å². The van der Waals surface area contributed by atoms with Crippen LogP contribution >= 0.6 is 0 Å². The van der Waals surface area contributed by atoms with Crippen molar-refractivity contribution in [1.82, 2.24) is 5.32 Å². The largest absolute Gasteiger partial charge is 0.460 e. The van der Waals surface area contributed by atoms with Crippen molar-refractivity contribution in [3.05, 3.63) is 0 Å². The van der Waals surface area contributed by atoms with Crippen LogP contribution in [0.3, 0.4) is 0 Å². The molecule has 0 aromatic heterocycles. The molecule has 1 fully saturated rings. The second-order valence-electron chi connectivity index (χ2n) is 3.86. The average molecular weight is 217 g/mol. The van der Waals surface area contributed by atoms with Crippen LogP contribution in [0.2, 0.25) is 0 Å². The van der Waals surface area contributed by atoms with Crippen LogP contribution in [0.4, 0.5) is 0 Å². The first-order valence-corrected chi connectivity index (χ1v) is 5.80. The molecule has 0 saturated carbocycles. The fourth-order valence-electron chi connectivity index (χ4n) is 1.53. The smallest absolute Gasteiger partial charge is 0.311 e. The van der Waals surface area contributed by atoms with E-state index in [9.17, 15) is 4.79 Å². The van der Waals surface area contributed by atoms with E-state index in [1.807, 2.05) is 20.9 Å². The monoisotopic (exact) mass is 217 g/mol. The molecule has 1 atom stereocenters. The molecule has 90 valence electrons. The highest BCUT2D eigenvalue weighted by Gasteiger charge is 2.26. The molecule has 0 spiro atoms. The van der Waals surface area contributed by atoms with E-state index in [2.05, 4.69) is 12.4 Å². The second kappa shape index (κ2) is 7.65. The predicted octanol–water partition coefficient (Wildman–Crippen LogP) is 0.625. The standard InChI is InChI=1S/C9H19N2O2.C2H6/c1-10-4-6-11(2)5-3-9(12)13-8-7-11;1-2/h10H,3-8H2,1-2H3;1-2H3/q+1;. The van der Waals surface area contributed by atoms with Crippen LogP contribution in [0.25, 0.3) is 0 Å². The van der Waals surface area contributed by atoms with Crippen molar-refractivity contribution in [3.8, 4) is 0 Å². The molecule has 1 saturated heterocycles. The van der Waals surface area contributed by atoms with Gasteiger partial charge in [0.15, 0.2) is 0 Å². The topological polar surface area (TPSA) is 38.3 Å². The van der Waals surface area contributed by atoms with Gasteiger partial charge in [0.05, 0.1) is 26.6 Å².